The zero-order chi connectivity index (χ0) is 18.1. The number of hydrogen-bond acceptors (Lipinski definition) is 6. The van der Waals surface area contributed by atoms with Crippen LogP contribution in [-0.4, -0.2) is 36.1 Å². The van der Waals surface area contributed by atoms with Gasteiger partial charge in [0.05, 0.1) is 24.0 Å². The molecule has 2 rings (SSSR count). The van der Waals surface area contributed by atoms with Gasteiger partial charge in [-0.1, -0.05) is 25.4 Å². The van der Waals surface area contributed by atoms with E-state index in [9.17, 15) is 0 Å². The Morgan fingerprint density at radius 1 is 1.42 bits per heavy atom. The summed E-state index contributed by atoms with van der Waals surface area (Å²) in [6.45, 7) is 5.43. The SMILES string of the molecule is CC.CNC1COCCC(n2cc(C(/C=C(\N)Cl)=C(N)N)cn2)C1. The van der Waals surface area contributed by atoms with Crippen LogP contribution in [0.4, 0.5) is 0 Å². The van der Waals surface area contributed by atoms with Crippen LogP contribution in [-0.2, 0) is 4.74 Å². The fourth-order valence-corrected chi connectivity index (χ4v) is 2.66. The Hall–Kier alpha value is -1.70. The molecule has 0 spiro atoms. The first kappa shape index (κ1) is 20.3. The van der Waals surface area contributed by atoms with E-state index in [1.54, 1.807) is 6.20 Å². The highest BCUT2D eigenvalue weighted by atomic mass is 35.5. The van der Waals surface area contributed by atoms with Crippen LogP contribution in [0.1, 0.15) is 38.3 Å². The molecule has 1 aliphatic rings. The van der Waals surface area contributed by atoms with E-state index in [-0.39, 0.29) is 17.0 Å². The summed E-state index contributed by atoms with van der Waals surface area (Å²) in [5.41, 5.74) is 18.3. The molecule has 2 unspecified atom stereocenters. The third kappa shape index (κ3) is 5.74. The zero-order valence-electron chi connectivity index (χ0n) is 14.6. The summed E-state index contributed by atoms with van der Waals surface area (Å²) in [5.74, 6) is 0.153. The highest BCUT2D eigenvalue weighted by molar-refractivity contribution is 6.29. The summed E-state index contributed by atoms with van der Waals surface area (Å²) < 4.78 is 7.52. The number of likely N-dealkylation sites (N-methyl/N-ethyl adjacent to an activating group) is 1. The van der Waals surface area contributed by atoms with Crippen LogP contribution in [0.2, 0.25) is 0 Å². The number of halogens is 1. The lowest BCUT2D eigenvalue weighted by Gasteiger charge is -2.18. The smallest absolute Gasteiger partial charge is 0.102 e. The molecule has 1 saturated heterocycles. The lowest BCUT2D eigenvalue weighted by Crippen LogP contribution is -2.31. The molecule has 2 atom stereocenters. The molecule has 7 nitrogen and oxygen atoms in total. The fourth-order valence-electron chi connectivity index (χ4n) is 2.55. The Labute approximate surface area is 148 Å². The molecule has 0 amide bonds. The molecule has 1 fully saturated rings. The van der Waals surface area contributed by atoms with Crippen LogP contribution in [0.3, 0.4) is 0 Å². The Balaban J connectivity index is 0.00000139. The lowest BCUT2D eigenvalue weighted by molar-refractivity contribution is 0.127. The van der Waals surface area contributed by atoms with E-state index in [0.717, 1.165) is 18.4 Å². The molecule has 0 aliphatic carbocycles. The molecule has 1 aromatic rings. The fraction of sp³-hybridized carbons (Fsp3) is 0.562. The summed E-state index contributed by atoms with van der Waals surface area (Å²) in [6, 6.07) is 0.569. The maximum Gasteiger partial charge on any atom is 0.102 e. The van der Waals surface area contributed by atoms with Gasteiger partial charge >= 0.3 is 0 Å². The number of aromatic nitrogens is 2. The molecule has 24 heavy (non-hydrogen) atoms. The van der Waals surface area contributed by atoms with Crippen molar-refractivity contribution in [3.8, 4) is 0 Å². The number of nitrogens with one attached hydrogen (secondary N) is 1. The molecule has 0 bridgehead atoms. The standard InChI is InChI=1S/C14H23ClN6O.C2H6/c1-19-10-4-11(2-3-22-8-10)21-7-9(6-20-21)12(14(17)18)5-13(15)16;1-2/h5-7,10-11,19H,2-4,8,16-18H2,1H3;1-2H3/b13-5-;. The largest absolute Gasteiger partial charge is 0.389 e. The monoisotopic (exact) mass is 356 g/mol. The van der Waals surface area contributed by atoms with Crippen molar-refractivity contribution in [3.63, 3.8) is 0 Å². The highest BCUT2D eigenvalue weighted by Gasteiger charge is 2.22. The zero-order valence-corrected chi connectivity index (χ0v) is 15.4. The maximum absolute atomic E-state index is 5.72. The topological polar surface area (TPSA) is 117 Å². The van der Waals surface area contributed by atoms with Gasteiger partial charge in [-0.2, -0.15) is 5.10 Å². The van der Waals surface area contributed by atoms with Crippen LogP contribution in [0.15, 0.2) is 29.4 Å². The van der Waals surface area contributed by atoms with Crippen molar-refractivity contribution in [1.82, 2.24) is 15.1 Å². The van der Waals surface area contributed by atoms with Crippen molar-refractivity contribution in [2.24, 2.45) is 17.2 Å². The number of rotatable bonds is 4. The first-order valence-electron chi connectivity index (χ1n) is 8.18. The molecule has 0 saturated carbocycles. The summed E-state index contributed by atoms with van der Waals surface area (Å²) in [4.78, 5) is 0. The van der Waals surface area contributed by atoms with Gasteiger partial charge in [-0.15, -0.1) is 0 Å². The van der Waals surface area contributed by atoms with Crippen LogP contribution < -0.4 is 22.5 Å². The average Bonchev–Trinajstić information content (AvgIpc) is 2.92. The van der Waals surface area contributed by atoms with Crippen molar-refractivity contribution < 1.29 is 4.74 Å². The second-order valence-electron chi connectivity index (χ2n) is 5.35. The van der Waals surface area contributed by atoms with Crippen molar-refractivity contribution in [2.75, 3.05) is 20.3 Å². The molecular formula is C16H29ClN6O. The van der Waals surface area contributed by atoms with Crippen LogP contribution in [0, 0.1) is 0 Å². The number of allylic oxidation sites excluding steroid dienone is 2. The third-order valence-corrected chi connectivity index (χ3v) is 3.87. The van der Waals surface area contributed by atoms with E-state index < -0.39 is 0 Å². The van der Waals surface area contributed by atoms with Gasteiger partial charge < -0.3 is 27.3 Å². The van der Waals surface area contributed by atoms with E-state index in [1.165, 1.54) is 6.08 Å². The Bertz CT molecular complexity index is 561. The van der Waals surface area contributed by atoms with Gasteiger partial charge in [0.25, 0.3) is 0 Å². The van der Waals surface area contributed by atoms with E-state index >= 15 is 0 Å². The van der Waals surface area contributed by atoms with Gasteiger partial charge in [0, 0.05) is 30.0 Å². The normalized spacial score (nSPS) is 21.4. The van der Waals surface area contributed by atoms with Gasteiger partial charge in [0.2, 0.25) is 0 Å². The first-order chi connectivity index (χ1) is 11.5. The van der Waals surface area contributed by atoms with Crippen molar-refractivity contribution in [2.45, 2.75) is 38.8 Å². The van der Waals surface area contributed by atoms with Crippen molar-refractivity contribution in [1.29, 1.82) is 0 Å². The minimum atomic E-state index is 0.120. The molecule has 8 heteroatoms. The van der Waals surface area contributed by atoms with E-state index in [1.807, 2.05) is 31.8 Å². The summed E-state index contributed by atoms with van der Waals surface area (Å²) in [6.07, 6.45) is 7.01. The molecule has 136 valence electrons. The van der Waals surface area contributed by atoms with Crippen molar-refractivity contribution >= 4 is 17.2 Å². The number of nitrogens with two attached hydrogens (primary N) is 3. The lowest BCUT2D eigenvalue weighted by atomic mass is 10.1. The molecule has 0 radical (unpaired) electrons. The average molecular weight is 357 g/mol. The van der Waals surface area contributed by atoms with E-state index in [2.05, 4.69) is 10.4 Å². The summed E-state index contributed by atoms with van der Waals surface area (Å²) in [5, 5.41) is 7.81. The van der Waals surface area contributed by atoms with Crippen LogP contribution >= 0.6 is 11.6 Å². The number of ether oxygens (including phenoxy) is 1. The van der Waals surface area contributed by atoms with Gasteiger partial charge in [-0.3, -0.25) is 4.68 Å². The molecule has 7 N–H and O–H groups in total. The van der Waals surface area contributed by atoms with Crippen LogP contribution in [0.25, 0.3) is 5.57 Å². The molecule has 1 aliphatic heterocycles. The minimum Gasteiger partial charge on any atom is -0.389 e. The third-order valence-electron chi connectivity index (χ3n) is 3.76. The quantitative estimate of drug-likeness (QED) is 0.479. The Morgan fingerprint density at radius 2 is 2.12 bits per heavy atom. The van der Waals surface area contributed by atoms with E-state index in [0.29, 0.717) is 24.8 Å². The predicted molar refractivity (Wildman–Crippen MR) is 98.9 cm³/mol. The summed E-state index contributed by atoms with van der Waals surface area (Å²) in [7, 11) is 1.94. The van der Waals surface area contributed by atoms with Gasteiger partial charge in [0.1, 0.15) is 5.82 Å². The Morgan fingerprint density at radius 3 is 2.71 bits per heavy atom. The van der Waals surface area contributed by atoms with Gasteiger partial charge in [-0.25, -0.2) is 0 Å². The first-order valence-corrected chi connectivity index (χ1v) is 8.56. The second-order valence-corrected chi connectivity index (χ2v) is 5.78. The number of hydrogen-bond donors (Lipinski definition) is 4. The van der Waals surface area contributed by atoms with Gasteiger partial charge in [-0.05, 0) is 26.0 Å². The maximum atomic E-state index is 5.72. The van der Waals surface area contributed by atoms with Crippen molar-refractivity contribution in [3.05, 3.63) is 35.0 Å². The Kier molecular flexibility index (Phi) is 8.67. The second kappa shape index (κ2) is 10.2. The predicted octanol–water partition coefficient (Wildman–Crippen LogP) is 1.47. The molecule has 2 heterocycles. The summed E-state index contributed by atoms with van der Waals surface area (Å²) >= 11 is 5.72. The molecule has 1 aromatic heterocycles. The molecular weight excluding hydrogens is 328 g/mol. The van der Waals surface area contributed by atoms with Gasteiger partial charge in [0.15, 0.2) is 0 Å². The van der Waals surface area contributed by atoms with Crippen LogP contribution in [0.5, 0.6) is 0 Å². The number of nitrogens with zero attached hydrogens (tertiary/aromatic N) is 2. The van der Waals surface area contributed by atoms with E-state index in [4.69, 9.17) is 33.5 Å². The highest BCUT2D eigenvalue weighted by Crippen LogP contribution is 2.24. The minimum absolute atomic E-state index is 0.120. The molecule has 0 aromatic carbocycles.